The molecule has 2 amide bonds. The zero-order valence-electron chi connectivity index (χ0n) is 19.8. The first-order valence-corrected chi connectivity index (χ1v) is 13.8. The van der Waals surface area contributed by atoms with Crippen LogP contribution in [0.25, 0.3) is 15.4 Å². The van der Waals surface area contributed by atoms with Gasteiger partial charge in [-0.2, -0.15) is 0 Å². The molecule has 7 nitrogen and oxygen atoms in total. The molecule has 1 aromatic carbocycles. The van der Waals surface area contributed by atoms with Gasteiger partial charge in [0, 0.05) is 36.6 Å². The predicted molar refractivity (Wildman–Crippen MR) is 138 cm³/mol. The normalized spacial score (nSPS) is 15.5. The lowest BCUT2D eigenvalue weighted by atomic mass is 10.1. The van der Waals surface area contributed by atoms with E-state index < -0.39 is 0 Å². The number of fused-ring (bicyclic) bond motifs is 1. The average Bonchev–Trinajstić information content (AvgIpc) is 3.75. The van der Waals surface area contributed by atoms with Crippen LogP contribution in [0, 0.1) is 13.8 Å². The molecule has 1 N–H and O–H groups in total. The molecule has 0 bridgehead atoms. The largest absolute Gasteiger partial charge is 0.349 e. The molecule has 4 aromatic rings. The third-order valence-electron chi connectivity index (χ3n) is 6.59. The van der Waals surface area contributed by atoms with Crippen molar-refractivity contribution in [1.29, 1.82) is 0 Å². The molecule has 0 saturated heterocycles. The number of hydrogen-bond acceptors (Lipinski definition) is 6. The second kappa shape index (κ2) is 8.87. The fourth-order valence-electron chi connectivity index (χ4n) is 4.48. The zero-order valence-corrected chi connectivity index (χ0v) is 21.4. The number of carbonyl (C=O) groups excluding carboxylic acids is 2. The summed E-state index contributed by atoms with van der Waals surface area (Å²) < 4.78 is 1.82. The molecular weight excluding hydrogens is 478 g/mol. The second-order valence-electron chi connectivity index (χ2n) is 9.46. The highest BCUT2D eigenvalue weighted by molar-refractivity contribution is 7.15. The van der Waals surface area contributed by atoms with Gasteiger partial charge in [-0.3, -0.25) is 14.0 Å². The highest BCUT2D eigenvalue weighted by atomic mass is 32.1. The number of imidazole rings is 1. The molecule has 0 aliphatic heterocycles. The van der Waals surface area contributed by atoms with E-state index in [4.69, 9.17) is 4.98 Å². The highest BCUT2D eigenvalue weighted by Crippen LogP contribution is 2.45. The van der Waals surface area contributed by atoms with Gasteiger partial charge in [0.2, 0.25) is 0 Å². The van der Waals surface area contributed by atoms with Crippen LogP contribution in [0.15, 0.2) is 35.8 Å². The quantitative estimate of drug-likeness (QED) is 0.364. The summed E-state index contributed by atoms with van der Waals surface area (Å²) in [5, 5.41) is 6.00. The summed E-state index contributed by atoms with van der Waals surface area (Å²) in [6.07, 6.45) is 6.16. The van der Waals surface area contributed by atoms with E-state index in [1.807, 2.05) is 33.9 Å². The molecule has 2 aliphatic carbocycles. The third kappa shape index (κ3) is 4.38. The number of aromatic nitrogens is 3. The van der Waals surface area contributed by atoms with Crippen LogP contribution in [0.2, 0.25) is 0 Å². The standard InChI is InChI=1S/C26H27N5O2S2/c1-15-4-3-5-18(14-15)22-20(29-24(35-22)17-6-7-17)25(33)30(19-8-9-19)11-10-27-23(32)21-16(2)28-26-31(21)12-13-34-26/h3-5,12-14,17,19H,6-11H2,1-2H3,(H,27,32). The fraction of sp³-hybridized carbons (Fsp3) is 0.385. The number of nitrogens with one attached hydrogen (secondary N) is 1. The summed E-state index contributed by atoms with van der Waals surface area (Å²) in [4.78, 5) is 39.7. The van der Waals surface area contributed by atoms with E-state index in [0.29, 0.717) is 36.1 Å². The molecule has 35 heavy (non-hydrogen) atoms. The molecule has 2 saturated carbocycles. The minimum absolute atomic E-state index is 0.0258. The van der Waals surface area contributed by atoms with Crippen molar-refractivity contribution in [2.75, 3.05) is 13.1 Å². The second-order valence-corrected chi connectivity index (χ2v) is 11.4. The Morgan fingerprint density at radius 1 is 1.17 bits per heavy atom. The van der Waals surface area contributed by atoms with E-state index in [0.717, 1.165) is 46.1 Å². The van der Waals surface area contributed by atoms with Gasteiger partial charge in [-0.15, -0.1) is 22.7 Å². The summed E-state index contributed by atoms with van der Waals surface area (Å²) in [6, 6.07) is 8.51. The first-order chi connectivity index (χ1) is 17.0. The number of hydrogen-bond donors (Lipinski definition) is 1. The molecule has 0 unspecified atom stereocenters. The first-order valence-electron chi connectivity index (χ1n) is 12.1. The van der Waals surface area contributed by atoms with Crippen LogP contribution in [-0.4, -0.2) is 50.2 Å². The minimum atomic E-state index is -0.165. The van der Waals surface area contributed by atoms with Gasteiger partial charge in [0.05, 0.1) is 15.6 Å². The number of aryl methyl sites for hydroxylation is 2. The highest BCUT2D eigenvalue weighted by Gasteiger charge is 2.37. The Bertz CT molecular complexity index is 1430. The summed E-state index contributed by atoms with van der Waals surface area (Å²) in [6.45, 7) is 4.76. The summed E-state index contributed by atoms with van der Waals surface area (Å²) in [7, 11) is 0. The minimum Gasteiger partial charge on any atom is -0.349 e. The van der Waals surface area contributed by atoms with Crippen molar-refractivity contribution in [1.82, 2.24) is 24.6 Å². The number of thiazole rings is 2. The molecular formula is C26H27N5O2S2. The van der Waals surface area contributed by atoms with Gasteiger partial charge in [0.15, 0.2) is 4.96 Å². The van der Waals surface area contributed by atoms with Crippen molar-refractivity contribution >= 4 is 39.4 Å². The van der Waals surface area contributed by atoms with Gasteiger partial charge in [-0.1, -0.05) is 29.8 Å². The lowest BCUT2D eigenvalue weighted by molar-refractivity contribution is 0.0731. The Morgan fingerprint density at radius 2 is 2.00 bits per heavy atom. The Morgan fingerprint density at radius 3 is 2.74 bits per heavy atom. The maximum atomic E-state index is 13.8. The zero-order chi connectivity index (χ0) is 24.1. The fourth-order valence-corrected chi connectivity index (χ4v) is 6.46. The molecule has 3 heterocycles. The van der Waals surface area contributed by atoms with E-state index in [-0.39, 0.29) is 17.9 Å². The number of nitrogens with zero attached hydrogens (tertiary/aromatic N) is 4. The van der Waals surface area contributed by atoms with Crippen molar-refractivity contribution in [3.8, 4) is 10.4 Å². The Balaban J connectivity index is 1.21. The van der Waals surface area contributed by atoms with E-state index >= 15 is 0 Å². The topological polar surface area (TPSA) is 79.6 Å². The Hall–Kier alpha value is -3.04. The van der Waals surface area contributed by atoms with Crippen LogP contribution < -0.4 is 5.32 Å². The maximum Gasteiger partial charge on any atom is 0.274 e. The van der Waals surface area contributed by atoms with Crippen molar-refractivity contribution in [2.45, 2.75) is 51.5 Å². The van der Waals surface area contributed by atoms with Crippen LogP contribution in [0.1, 0.15) is 68.8 Å². The van der Waals surface area contributed by atoms with E-state index in [1.165, 1.54) is 16.9 Å². The Kier molecular flexibility index (Phi) is 5.69. The van der Waals surface area contributed by atoms with E-state index in [1.54, 1.807) is 11.3 Å². The molecule has 0 radical (unpaired) electrons. The van der Waals surface area contributed by atoms with Crippen molar-refractivity contribution in [3.05, 3.63) is 63.5 Å². The van der Waals surface area contributed by atoms with Gasteiger partial charge in [-0.25, -0.2) is 9.97 Å². The summed E-state index contributed by atoms with van der Waals surface area (Å²) in [5.74, 6) is 0.301. The monoisotopic (exact) mass is 505 g/mol. The van der Waals surface area contributed by atoms with Crippen LogP contribution in [0.3, 0.4) is 0 Å². The van der Waals surface area contributed by atoms with Crippen molar-refractivity contribution in [3.63, 3.8) is 0 Å². The van der Waals surface area contributed by atoms with Crippen LogP contribution >= 0.6 is 22.7 Å². The number of carbonyl (C=O) groups is 2. The molecule has 3 aromatic heterocycles. The molecule has 2 aliphatic rings. The predicted octanol–water partition coefficient (Wildman–Crippen LogP) is 5.05. The number of rotatable bonds is 8. The molecule has 180 valence electrons. The SMILES string of the molecule is Cc1cccc(-c2sc(C3CC3)nc2C(=O)N(CCNC(=O)c2c(C)nc3sccn23)C2CC2)c1. The Labute approximate surface area is 211 Å². The van der Waals surface area contributed by atoms with Crippen LogP contribution in [-0.2, 0) is 0 Å². The van der Waals surface area contributed by atoms with Gasteiger partial charge in [-0.05, 0) is 45.1 Å². The first kappa shape index (κ1) is 22.4. The smallest absolute Gasteiger partial charge is 0.274 e. The molecule has 9 heteroatoms. The van der Waals surface area contributed by atoms with Gasteiger partial charge >= 0.3 is 0 Å². The molecule has 0 spiro atoms. The van der Waals surface area contributed by atoms with E-state index in [9.17, 15) is 9.59 Å². The van der Waals surface area contributed by atoms with Crippen molar-refractivity contribution in [2.24, 2.45) is 0 Å². The molecule has 6 rings (SSSR count). The van der Waals surface area contributed by atoms with Crippen LogP contribution in [0.5, 0.6) is 0 Å². The van der Waals surface area contributed by atoms with Crippen molar-refractivity contribution < 1.29 is 9.59 Å². The lowest BCUT2D eigenvalue weighted by Crippen LogP contribution is -2.40. The lowest BCUT2D eigenvalue weighted by Gasteiger charge is -2.22. The molecule has 2 fully saturated rings. The number of benzene rings is 1. The van der Waals surface area contributed by atoms with E-state index in [2.05, 4.69) is 35.4 Å². The van der Waals surface area contributed by atoms with Gasteiger partial charge < -0.3 is 10.2 Å². The third-order valence-corrected chi connectivity index (χ3v) is 8.61. The molecule has 0 atom stereocenters. The summed E-state index contributed by atoms with van der Waals surface area (Å²) >= 11 is 3.17. The average molecular weight is 506 g/mol. The van der Waals surface area contributed by atoms with Gasteiger partial charge in [0.1, 0.15) is 11.4 Å². The van der Waals surface area contributed by atoms with Crippen LogP contribution in [0.4, 0.5) is 0 Å². The number of amides is 2. The summed E-state index contributed by atoms with van der Waals surface area (Å²) in [5.41, 5.74) is 4.05. The van der Waals surface area contributed by atoms with Gasteiger partial charge in [0.25, 0.3) is 11.8 Å². The maximum absolute atomic E-state index is 13.8.